The van der Waals surface area contributed by atoms with Crippen molar-refractivity contribution >= 4 is 41.3 Å². The lowest BCUT2D eigenvalue weighted by molar-refractivity contribution is -0.132. The number of thioether (sulfide) groups is 1. The summed E-state index contributed by atoms with van der Waals surface area (Å²) in [5, 5.41) is 7.71. The topological polar surface area (TPSA) is 200 Å². The van der Waals surface area contributed by atoms with Crippen molar-refractivity contribution in [1.29, 1.82) is 0 Å². The summed E-state index contributed by atoms with van der Waals surface area (Å²) in [4.78, 5) is 62.2. The second-order valence-electron chi connectivity index (χ2n) is 7.68. The van der Waals surface area contributed by atoms with Crippen LogP contribution < -0.4 is 33.2 Å². The standard InChI is InChI=1S/C21H30N6O5S/c22-8-4-3-7-14-20(31)27-16(18(24)29)11-33-10-12-5-1-2-6-13(12)19(30)26-15(9-17(23)28)21(32)25-14/h1-2,5-6,14-16H,3-4,7-11,22H2,(H2,23,28)(H2,24,29)(H,25,32)(H,26,30)(H,27,31)/t14-,15-,16-/m0/s1. The molecule has 0 fully saturated rings. The van der Waals surface area contributed by atoms with Gasteiger partial charge in [-0.15, -0.1) is 0 Å². The van der Waals surface area contributed by atoms with E-state index in [0.29, 0.717) is 36.3 Å². The van der Waals surface area contributed by atoms with Crippen LogP contribution in [0.15, 0.2) is 24.3 Å². The molecule has 0 aliphatic carbocycles. The highest BCUT2D eigenvalue weighted by atomic mass is 32.2. The molecule has 0 radical (unpaired) electrons. The molecule has 180 valence electrons. The van der Waals surface area contributed by atoms with Gasteiger partial charge in [0.2, 0.25) is 23.6 Å². The van der Waals surface area contributed by atoms with Crippen LogP contribution in [-0.2, 0) is 24.9 Å². The number of nitrogens with one attached hydrogen (secondary N) is 3. The Bertz CT molecular complexity index is 896. The summed E-state index contributed by atoms with van der Waals surface area (Å²) >= 11 is 1.32. The third-order valence-corrected chi connectivity index (χ3v) is 6.16. The molecule has 0 bridgehead atoms. The highest BCUT2D eigenvalue weighted by Crippen LogP contribution is 2.18. The predicted molar refractivity (Wildman–Crippen MR) is 124 cm³/mol. The first-order valence-corrected chi connectivity index (χ1v) is 11.7. The summed E-state index contributed by atoms with van der Waals surface area (Å²) in [5.74, 6) is -2.85. The lowest BCUT2D eigenvalue weighted by Crippen LogP contribution is -2.57. The quantitative estimate of drug-likeness (QED) is 0.256. The van der Waals surface area contributed by atoms with Gasteiger partial charge in [0.25, 0.3) is 5.91 Å². The monoisotopic (exact) mass is 478 g/mol. The molecule has 12 heteroatoms. The van der Waals surface area contributed by atoms with Crippen molar-refractivity contribution in [3.8, 4) is 0 Å². The molecule has 5 amide bonds. The van der Waals surface area contributed by atoms with E-state index in [-0.39, 0.29) is 12.2 Å². The van der Waals surface area contributed by atoms with Gasteiger partial charge in [0.1, 0.15) is 18.1 Å². The third-order valence-electron chi connectivity index (χ3n) is 5.07. The molecule has 1 aromatic rings. The molecule has 33 heavy (non-hydrogen) atoms. The van der Waals surface area contributed by atoms with Gasteiger partial charge in [-0.2, -0.15) is 11.8 Å². The lowest BCUT2D eigenvalue weighted by Gasteiger charge is -2.25. The number of carbonyl (C=O) groups is 5. The molecule has 0 spiro atoms. The SMILES string of the molecule is NCCCC[C@@H]1NC(=O)[C@H](CC(N)=O)NC(=O)c2ccccc2CSC[C@@H](C(N)=O)NC1=O. The van der Waals surface area contributed by atoms with E-state index in [1.54, 1.807) is 24.3 Å². The van der Waals surface area contributed by atoms with Crippen LogP contribution in [0.2, 0.25) is 0 Å². The first-order valence-electron chi connectivity index (χ1n) is 10.6. The van der Waals surface area contributed by atoms with Crippen LogP contribution in [0.1, 0.15) is 41.6 Å². The third kappa shape index (κ3) is 8.06. The number of benzene rings is 1. The Kier molecular flexibility index (Phi) is 10.1. The maximum absolute atomic E-state index is 12.9. The number of carbonyl (C=O) groups excluding carboxylic acids is 5. The number of hydrogen-bond acceptors (Lipinski definition) is 7. The smallest absolute Gasteiger partial charge is 0.252 e. The minimum atomic E-state index is -1.28. The van der Waals surface area contributed by atoms with Gasteiger partial charge in [0, 0.05) is 17.1 Å². The number of hydrogen-bond donors (Lipinski definition) is 6. The molecule has 0 saturated heterocycles. The van der Waals surface area contributed by atoms with Crippen LogP contribution in [0, 0.1) is 0 Å². The molecular weight excluding hydrogens is 448 g/mol. The van der Waals surface area contributed by atoms with Gasteiger partial charge in [0.05, 0.1) is 6.42 Å². The largest absolute Gasteiger partial charge is 0.370 e. The van der Waals surface area contributed by atoms with Crippen molar-refractivity contribution in [2.45, 2.75) is 49.6 Å². The highest BCUT2D eigenvalue weighted by molar-refractivity contribution is 7.98. The van der Waals surface area contributed by atoms with Crippen molar-refractivity contribution in [3.63, 3.8) is 0 Å². The predicted octanol–water partition coefficient (Wildman–Crippen LogP) is -1.51. The second-order valence-corrected chi connectivity index (χ2v) is 8.71. The van der Waals surface area contributed by atoms with Crippen molar-refractivity contribution in [2.75, 3.05) is 12.3 Å². The Morgan fingerprint density at radius 2 is 1.67 bits per heavy atom. The normalized spacial score (nSPS) is 22.2. The number of primary amides is 2. The van der Waals surface area contributed by atoms with Crippen LogP contribution in [-0.4, -0.2) is 60.0 Å². The first-order chi connectivity index (χ1) is 15.7. The molecule has 0 unspecified atom stereocenters. The molecule has 1 heterocycles. The van der Waals surface area contributed by atoms with Crippen LogP contribution in [0.4, 0.5) is 0 Å². The van der Waals surface area contributed by atoms with E-state index in [1.807, 2.05) is 0 Å². The van der Waals surface area contributed by atoms with Gasteiger partial charge >= 0.3 is 0 Å². The lowest BCUT2D eigenvalue weighted by atomic mass is 10.0. The minimum absolute atomic E-state index is 0.185. The van der Waals surface area contributed by atoms with Gasteiger partial charge in [-0.25, -0.2) is 0 Å². The highest BCUT2D eigenvalue weighted by Gasteiger charge is 2.30. The molecule has 3 atom stereocenters. The molecular formula is C21H30N6O5S. The summed E-state index contributed by atoms with van der Waals surface area (Å²) < 4.78 is 0. The maximum Gasteiger partial charge on any atom is 0.252 e. The average molecular weight is 479 g/mol. The fourth-order valence-corrected chi connectivity index (χ4v) is 4.37. The number of nitrogens with two attached hydrogens (primary N) is 3. The van der Waals surface area contributed by atoms with E-state index < -0.39 is 54.1 Å². The van der Waals surface area contributed by atoms with Crippen LogP contribution in [0.25, 0.3) is 0 Å². The van der Waals surface area contributed by atoms with E-state index >= 15 is 0 Å². The Morgan fingerprint density at radius 3 is 2.33 bits per heavy atom. The Balaban J connectivity index is 2.39. The summed E-state index contributed by atoms with van der Waals surface area (Å²) in [6, 6.07) is 3.50. The van der Waals surface area contributed by atoms with Gasteiger partial charge in [0.15, 0.2) is 0 Å². The van der Waals surface area contributed by atoms with Gasteiger partial charge < -0.3 is 33.2 Å². The van der Waals surface area contributed by atoms with Crippen molar-refractivity contribution in [1.82, 2.24) is 16.0 Å². The zero-order valence-corrected chi connectivity index (χ0v) is 19.0. The van der Waals surface area contributed by atoms with Crippen molar-refractivity contribution < 1.29 is 24.0 Å². The van der Waals surface area contributed by atoms with E-state index in [2.05, 4.69) is 16.0 Å². The summed E-state index contributed by atoms with van der Waals surface area (Å²) in [5.41, 5.74) is 17.2. The Labute approximate surface area is 195 Å². The molecule has 9 N–H and O–H groups in total. The fraction of sp³-hybridized carbons (Fsp3) is 0.476. The van der Waals surface area contributed by atoms with Crippen molar-refractivity contribution in [2.24, 2.45) is 17.2 Å². The number of amides is 5. The molecule has 1 aliphatic rings. The van der Waals surface area contributed by atoms with Crippen LogP contribution in [0.5, 0.6) is 0 Å². The summed E-state index contributed by atoms with van der Waals surface area (Å²) in [6.07, 6.45) is 0.946. The van der Waals surface area contributed by atoms with Crippen molar-refractivity contribution in [3.05, 3.63) is 35.4 Å². The Morgan fingerprint density at radius 1 is 0.970 bits per heavy atom. The fourth-order valence-electron chi connectivity index (χ4n) is 3.30. The molecule has 1 aliphatic heterocycles. The van der Waals surface area contributed by atoms with E-state index in [0.717, 1.165) is 0 Å². The number of fused-ring (bicyclic) bond motifs is 1. The molecule has 1 aromatic carbocycles. The summed E-state index contributed by atoms with van der Waals surface area (Å²) in [6.45, 7) is 0.405. The average Bonchev–Trinajstić information content (AvgIpc) is 2.76. The van der Waals surface area contributed by atoms with Crippen LogP contribution in [0.3, 0.4) is 0 Å². The first kappa shape index (κ1) is 26.1. The van der Waals surface area contributed by atoms with Gasteiger partial charge in [-0.1, -0.05) is 18.2 Å². The van der Waals surface area contributed by atoms with E-state index in [4.69, 9.17) is 17.2 Å². The van der Waals surface area contributed by atoms with E-state index in [1.165, 1.54) is 11.8 Å². The summed E-state index contributed by atoms with van der Waals surface area (Å²) in [7, 11) is 0. The maximum atomic E-state index is 12.9. The molecule has 0 saturated carbocycles. The van der Waals surface area contributed by atoms with Crippen LogP contribution >= 0.6 is 11.8 Å². The number of rotatable bonds is 7. The van der Waals surface area contributed by atoms with E-state index in [9.17, 15) is 24.0 Å². The molecule has 0 aromatic heterocycles. The zero-order chi connectivity index (χ0) is 24.4. The second kappa shape index (κ2) is 12.8. The minimum Gasteiger partial charge on any atom is -0.370 e. The van der Waals surface area contributed by atoms with Gasteiger partial charge in [-0.3, -0.25) is 24.0 Å². The van der Waals surface area contributed by atoms with Gasteiger partial charge in [-0.05, 0) is 37.4 Å². The molecule has 2 rings (SSSR count). The zero-order valence-electron chi connectivity index (χ0n) is 18.2. The Hall–Kier alpha value is -3.12. The number of unbranched alkanes of at least 4 members (excludes halogenated alkanes) is 1. The molecule has 11 nitrogen and oxygen atoms in total.